The number of hydrogen-bond donors (Lipinski definition) is 2. The topological polar surface area (TPSA) is 48.9 Å². The second-order valence-corrected chi connectivity index (χ2v) is 7.32. The predicted octanol–water partition coefficient (Wildman–Crippen LogP) is 2.74. The van der Waals surface area contributed by atoms with E-state index in [-0.39, 0.29) is 0 Å². The Kier molecular flexibility index (Phi) is 7.96. The first kappa shape index (κ1) is 20.5. The molecule has 0 spiro atoms. The molecule has 1 saturated heterocycles. The quantitative estimate of drug-likeness (QED) is 0.428. The van der Waals surface area contributed by atoms with Gasteiger partial charge < -0.3 is 10.1 Å². The van der Waals surface area contributed by atoms with Gasteiger partial charge in [-0.25, -0.2) is 0 Å². The highest BCUT2D eigenvalue weighted by Crippen LogP contribution is 2.10. The summed E-state index contributed by atoms with van der Waals surface area (Å²) >= 11 is 5.40. The molecule has 2 aromatic carbocycles. The van der Waals surface area contributed by atoms with Crippen molar-refractivity contribution in [2.24, 2.45) is 5.10 Å². The van der Waals surface area contributed by atoms with E-state index >= 15 is 0 Å². The third-order valence-electron chi connectivity index (χ3n) is 4.71. The van der Waals surface area contributed by atoms with E-state index < -0.39 is 0 Å². The molecule has 0 amide bonds. The van der Waals surface area contributed by atoms with Crippen LogP contribution >= 0.6 is 12.2 Å². The molecule has 2 N–H and O–H groups in total. The summed E-state index contributed by atoms with van der Waals surface area (Å²) in [6.45, 7) is 7.41. The summed E-state index contributed by atoms with van der Waals surface area (Å²) in [5.74, 6) is 0. The van der Waals surface area contributed by atoms with E-state index in [1.165, 1.54) is 11.1 Å². The van der Waals surface area contributed by atoms with Crippen LogP contribution in [0.5, 0.6) is 0 Å². The SMILES string of the molecule is Cc1ccc(/C(Cc2ccccc2)=N/NC(=S)NCCN2CCOCC2)cc1. The largest absolute Gasteiger partial charge is 0.379 e. The van der Waals surface area contributed by atoms with E-state index in [0.29, 0.717) is 5.11 Å². The van der Waals surface area contributed by atoms with Gasteiger partial charge in [0.25, 0.3) is 0 Å². The number of hydrazone groups is 1. The number of hydrogen-bond acceptors (Lipinski definition) is 4. The zero-order chi connectivity index (χ0) is 19.6. The Morgan fingerprint density at radius 1 is 1.07 bits per heavy atom. The van der Waals surface area contributed by atoms with Crippen LogP contribution in [0, 0.1) is 6.92 Å². The van der Waals surface area contributed by atoms with E-state index in [1.807, 2.05) is 18.2 Å². The van der Waals surface area contributed by atoms with Gasteiger partial charge in [0, 0.05) is 32.6 Å². The van der Waals surface area contributed by atoms with Crippen LogP contribution in [-0.2, 0) is 11.2 Å². The maximum atomic E-state index is 5.40. The Balaban J connectivity index is 1.58. The van der Waals surface area contributed by atoms with Gasteiger partial charge >= 0.3 is 0 Å². The van der Waals surface area contributed by atoms with Crippen LogP contribution in [0.2, 0.25) is 0 Å². The molecule has 0 bridgehead atoms. The van der Waals surface area contributed by atoms with E-state index in [0.717, 1.165) is 57.1 Å². The van der Waals surface area contributed by atoms with Crippen LogP contribution in [0.25, 0.3) is 0 Å². The molecule has 28 heavy (non-hydrogen) atoms. The second-order valence-electron chi connectivity index (χ2n) is 6.91. The average molecular weight is 397 g/mol. The summed E-state index contributed by atoms with van der Waals surface area (Å²) in [6, 6.07) is 18.8. The minimum atomic E-state index is 0.547. The van der Waals surface area contributed by atoms with Crippen molar-refractivity contribution < 1.29 is 4.74 Å². The number of nitrogens with one attached hydrogen (secondary N) is 2. The van der Waals surface area contributed by atoms with Crippen LogP contribution in [-0.4, -0.2) is 55.1 Å². The van der Waals surface area contributed by atoms with Gasteiger partial charge in [-0.05, 0) is 30.3 Å². The molecular weight excluding hydrogens is 368 g/mol. The Hall–Kier alpha value is -2.28. The highest BCUT2D eigenvalue weighted by atomic mass is 32.1. The van der Waals surface area contributed by atoms with Crippen molar-refractivity contribution >= 4 is 23.0 Å². The van der Waals surface area contributed by atoms with Crippen molar-refractivity contribution in [3.63, 3.8) is 0 Å². The standard InChI is InChI=1S/C22H28N4OS/c1-18-7-9-20(10-8-18)21(17-19-5-3-2-4-6-19)24-25-22(28)23-11-12-26-13-15-27-16-14-26/h2-10H,11-17H2,1H3,(H2,23,25,28)/b24-21+. The molecule has 1 aliphatic rings. The third kappa shape index (κ3) is 6.71. The lowest BCUT2D eigenvalue weighted by atomic mass is 10.0. The number of thiocarbonyl (C=S) groups is 1. The van der Waals surface area contributed by atoms with Crippen molar-refractivity contribution in [2.45, 2.75) is 13.3 Å². The first-order valence-electron chi connectivity index (χ1n) is 9.72. The lowest BCUT2D eigenvalue weighted by molar-refractivity contribution is 0.0389. The molecule has 0 aliphatic carbocycles. The number of ether oxygens (including phenoxy) is 1. The van der Waals surface area contributed by atoms with Gasteiger partial charge in [0.05, 0.1) is 18.9 Å². The molecule has 0 saturated carbocycles. The zero-order valence-corrected chi connectivity index (χ0v) is 17.2. The number of nitrogens with zero attached hydrogens (tertiary/aromatic N) is 2. The highest BCUT2D eigenvalue weighted by Gasteiger charge is 2.10. The Labute approximate surface area is 172 Å². The van der Waals surface area contributed by atoms with Gasteiger partial charge in [0.1, 0.15) is 0 Å². The van der Waals surface area contributed by atoms with E-state index in [1.54, 1.807) is 0 Å². The summed E-state index contributed by atoms with van der Waals surface area (Å²) in [4.78, 5) is 2.37. The molecule has 3 rings (SSSR count). The lowest BCUT2D eigenvalue weighted by Crippen LogP contribution is -2.43. The van der Waals surface area contributed by atoms with Crippen molar-refractivity contribution in [1.29, 1.82) is 0 Å². The molecule has 148 valence electrons. The van der Waals surface area contributed by atoms with E-state index in [2.05, 4.69) is 64.1 Å². The fraction of sp³-hybridized carbons (Fsp3) is 0.364. The van der Waals surface area contributed by atoms with Crippen LogP contribution in [0.1, 0.15) is 16.7 Å². The summed E-state index contributed by atoms with van der Waals surface area (Å²) in [7, 11) is 0. The smallest absolute Gasteiger partial charge is 0.187 e. The molecule has 1 aliphatic heterocycles. The van der Waals surface area contributed by atoms with Crippen LogP contribution in [0.4, 0.5) is 0 Å². The van der Waals surface area contributed by atoms with Gasteiger partial charge in [-0.15, -0.1) is 0 Å². The first-order valence-corrected chi connectivity index (χ1v) is 10.1. The van der Waals surface area contributed by atoms with E-state index in [4.69, 9.17) is 17.0 Å². The summed E-state index contributed by atoms with van der Waals surface area (Å²) in [5, 5.41) is 8.40. The Morgan fingerprint density at radius 2 is 1.79 bits per heavy atom. The lowest BCUT2D eigenvalue weighted by Gasteiger charge is -2.26. The number of benzene rings is 2. The monoisotopic (exact) mass is 396 g/mol. The molecule has 0 aromatic heterocycles. The highest BCUT2D eigenvalue weighted by molar-refractivity contribution is 7.80. The molecule has 2 aromatic rings. The molecule has 0 unspecified atom stereocenters. The summed E-state index contributed by atoms with van der Waals surface area (Å²) < 4.78 is 5.37. The first-order chi connectivity index (χ1) is 13.7. The second kappa shape index (κ2) is 10.9. The molecule has 5 nitrogen and oxygen atoms in total. The zero-order valence-electron chi connectivity index (χ0n) is 16.4. The third-order valence-corrected chi connectivity index (χ3v) is 4.94. The molecule has 6 heteroatoms. The molecule has 1 fully saturated rings. The number of aryl methyl sites for hydroxylation is 1. The van der Waals surface area contributed by atoms with Crippen LogP contribution in [0.15, 0.2) is 59.7 Å². The van der Waals surface area contributed by atoms with Crippen molar-refractivity contribution in [2.75, 3.05) is 39.4 Å². The fourth-order valence-corrected chi connectivity index (χ4v) is 3.20. The maximum Gasteiger partial charge on any atom is 0.187 e. The molecule has 1 heterocycles. The van der Waals surface area contributed by atoms with Gasteiger partial charge in [-0.1, -0.05) is 60.2 Å². The summed E-state index contributed by atoms with van der Waals surface area (Å²) in [5.41, 5.74) is 7.53. The number of morpholine rings is 1. The van der Waals surface area contributed by atoms with Gasteiger partial charge in [0.2, 0.25) is 0 Å². The molecule has 0 radical (unpaired) electrons. The van der Waals surface area contributed by atoms with Gasteiger partial charge in [-0.3, -0.25) is 10.3 Å². The van der Waals surface area contributed by atoms with Crippen molar-refractivity contribution in [3.05, 3.63) is 71.3 Å². The molecular formula is C22H28N4OS. The van der Waals surface area contributed by atoms with Gasteiger partial charge in [-0.2, -0.15) is 5.10 Å². The van der Waals surface area contributed by atoms with Crippen molar-refractivity contribution in [3.8, 4) is 0 Å². The van der Waals surface area contributed by atoms with Crippen LogP contribution in [0.3, 0.4) is 0 Å². The van der Waals surface area contributed by atoms with Gasteiger partial charge in [0.15, 0.2) is 5.11 Å². The normalized spacial score (nSPS) is 15.2. The fourth-order valence-electron chi connectivity index (χ4n) is 3.05. The summed E-state index contributed by atoms with van der Waals surface area (Å²) in [6.07, 6.45) is 0.743. The minimum Gasteiger partial charge on any atom is -0.379 e. The molecule has 0 atom stereocenters. The number of rotatable bonds is 7. The maximum absolute atomic E-state index is 5.40. The minimum absolute atomic E-state index is 0.547. The van der Waals surface area contributed by atoms with Crippen molar-refractivity contribution in [1.82, 2.24) is 15.6 Å². The Morgan fingerprint density at radius 3 is 2.50 bits per heavy atom. The van der Waals surface area contributed by atoms with Crippen LogP contribution < -0.4 is 10.7 Å². The average Bonchev–Trinajstić information content (AvgIpc) is 2.73. The predicted molar refractivity (Wildman–Crippen MR) is 119 cm³/mol. The van der Waals surface area contributed by atoms with E-state index in [9.17, 15) is 0 Å². The Bertz CT molecular complexity index is 771.